The van der Waals surface area contributed by atoms with E-state index in [0.717, 1.165) is 37.7 Å². The molecule has 0 amide bonds. The molecule has 124 valence electrons. The van der Waals surface area contributed by atoms with Crippen molar-refractivity contribution < 1.29 is 18.3 Å². The Bertz CT molecular complexity index is 607. The Morgan fingerprint density at radius 2 is 1.95 bits per heavy atom. The molecule has 1 aromatic rings. The minimum Gasteiger partial charge on any atom is -0.495 e. The number of ether oxygens (including phenoxy) is 1. The standard InChI is InChI=1S/C16H25NO4S/c1-13-6-7-14(21-2)15(10-13)22(19,20)17-11-16(12-18)8-4-3-5-9-16/h6-7,10,17-18H,3-5,8-9,11-12H2,1-2H3. The number of aryl methyl sites for hydroxylation is 1. The molecular weight excluding hydrogens is 302 g/mol. The largest absolute Gasteiger partial charge is 0.495 e. The van der Waals surface area contributed by atoms with Crippen molar-refractivity contribution in [3.8, 4) is 5.75 Å². The summed E-state index contributed by atoms with van der Waals surface area (Å²) in [6.07, 6.45) is 4.94. The van der Waals surface area contributed by atoms with Gasteiger partial charge in [0.2, 0.25) is 10.0 Å². The van der Waals surface area contributed by atoms with Crippen molar-refractivity contribution >= 4 is 10.0 Å². The fourth-order valence-electron chi connectivity index (χ4n) is 3.01. The lowest BCUT2D eigenvalue weighted by Crippen LogP contribution is -2.41. The molecule has 2 N–H and O–H groups in total. The van der Waals surface area contributed by atoms with Gasteiger partial charge in [0.15, 0.2) is 0 Å². The Balaban J connectivity index is 2.19. The summed E-state index contributed by atoms with van der Waals surface area (Å²) in [4.78, 5) is 0.152. The highest BCUT2D eigenvalue weighted by molar-refractivity contribution is 7.89. The van der Waals surface area contributed by atoms with E-state index in [-0.39, 0.29) is 23.5 Å². The van der Waals surface area contributed by atoms with E-state index in [9.17, 15) is 13.5 Å². The highest BCUT2D eigenvalue weighted by atomic mass is 32.2. The first-order chi connectivity index (χ1) is 10.4. The summed E-state index contributed by atoms with van der Waals surface area (Å²) in [7, 11) is -2.20. The number of benzene rings is 1. The summed E-state index contributed by atoms with van der Waals surface area (Å²) in [5.74, 6) is 0.333. The second-order valence-electron chi connectivity index (χ2n) is 6.20. The molecule has 5 nitrogen and oxygen atoms in total. The van der Waals surface area contributed by atoms with Crippen LogP contribution in [0, 0.1) is 12.3 Å². The van der Waals surface area contributed by atoms with Gasteiger partial charge >= 0.3 is 0 Å². The SMILES string of the molecule is COc1ccc(C)cc1S(=O)(=O)NCC1(CO)CCCCC1. The summed E-state index contributed by atoms with van der Waals surface area (Å²) >= 11 is 0. The molecule has 22 heavy (non-hydrogen) atoms. The average molecular weight is 327 g/mol. The van der Waals surface area contributed by atoms with Gasteiger partial charge in [-0.3, -0.25) is 0 Å². The molecule has 0 aliphatic heterocycles. The van der Waals surface area contributed by atoms with Crippen molar-refractivity contribution in [1.29, 1.82) is 0 Å². The molecule has 0 radical (unpaired) electrons. The number of hydrogen-bond acceptors (Lipinski definition) is 4. The predicted octanol–water partition coefficient (Wildman–Crippen LogP) is 2.22. The lowest BCUT2D eigenvalue weighted by atomic mass is 9.75. The Morgan fingerprint density at radius 1 is 1.27 bits per heavy atom. The van der Waals surface area contributed by atoms with Crippen molar-refractivity contribution in [1.82, 2.24) is 4.72 Å². The predicted molar refractivity (Wildman–Crippen MR) is 85.5 cm³/mol. The zero-order valence-corrected chi connectivity index (χ0v) is 14.1. The van der Waals surface area contributed by atoms with E-state index in [1.165, 1.54) is 7.11 Å². The number of rotatable bonds is 6. The maximum absolute atomic E-state index is 12.6. The first kappa shape index (κ1) is 17.2. The number of nitrogens with one attached hydrogen (secondary N) is 1. The molecule has 1 fully saturated rings. The molecular formula is C16H25NO4S. The molecule has 0 heterocycles. The third kappa shape index (κ3) is 3.80. The van der Waals surface area contributed by atoms with Crippen molar-refractivity contribution in [2.45, 2.75) is 43.9 Å². The van der Waals surface area contributed by atoms with Crippen molar-refractivity contribution in [2.75, 3.05) is 20.3 Å². The molecule has 1 aliphatic carbocycles. The number of aliphatic hydroxyl groups is 1. The monoisotopic (exact) mass is 327 g/mol. The third-order valence-electron chi connectivity index (χ3n) is 4.50. The molecule has 0 spiro atoms. The lowest BCUT2D eigenvalue weighted by Gasteiger charge is -2.35. The molecule has 0 saturated heterocycles. The van der Waals surface area contributed by atoms with Gasteiger partial charge in [0.1, 0.15) is 10.6 Å². The summed E-state index contributed by atoms with van der Waals surface area (Å²) in [6, 6.07) is 5.08. The van der Waals surface area contributed by atoms with Crippen LogP contribution < -0.4 is 9.46 Å². The zero-order chi connectivity index (χ0) is 16.2. The molecule has 0 atom stereocenters. The number of methoxy groups -OCH3 is 1. The van der Waals surface area contributed by atoms with E-state index in [4.69, 9.17) is 4.74 Å². The smallest absolute Gasteiger partial charge is 0.244 e. The highest BCUT2D eigenvalue weighted by Gasteiger charge is 2.33. The van der Waals surface area contributed by atoms with Crippen LogP contribution in [0.1, 0.15) is 37.7 Å². The Kier molecular flexibility index (Phi) is 5.47. The topological polar surface area (TPSA) is 75.6 Å². The zero-order valence-electron chi connectivity index (χ0n) is 13.3. The van der Waals surface area contributed by atoms with E-state index in [1.54, 1.807) is 12.1 Å². The maximum atomic E-state index is 12.6. The highest BCUT2D eigenvalue weighted by Crippen LogP contribution is 2.35. The van der Waals surface area contributed by atoms with Crippen molar-refractivity contribution in [3.63, 3.8) is 0 Å². The van der Waals surface area contributed by atoms with Crippen LogP contribution in [0.3, 0.4) is 0 Å². The van der Waals surface area contributed by atoms with E-state index in [1.807, 2.05) is 13.0 Å². The van der Waals surface area contributed by atoms with E-state index in [2.05, 4.69) is 4.72 Å². The van der Waals surface area contributed by atoms with Gasteiger partial charge in [-0.05, 0) is 37.5 Å². The second kappa shape index (κ2) is 6.98. The molecule has 0 unspecified atom stereocenters. The van der Waals surface area contributed by atoms with Gasteiger partial charge in [-0.1, -0.05) is 25.3 Å². The van der Waals surface area contributed by atoms with Crippen LogP contribution in [0.5, 0.6) is 5.75 Å². The Morgan fingerprint density at radius 3 is 2.55 bits per heavy atom. The molecule has 1 aromatic carbocycles. The molecule has 0 aromatic heterocycles. The van der Waals surface area contributed by atoms with E-state index in [0.29, 0.717) is 5.75 Å². The minimum absolute atomic E-state index is 0.0144. The van der Waals surface area contributed by atoms with Gasteiger partial charge in [-0.2, -0.15) is 0 Å². The second-order valence-corrected chi connectivity index (χ2v) is 7.93. The normalized spacial score (nSPS) is 18.1. The van der Waals surface area contributed by atoms with Crippen LogP contribution in [-0.2, 0) is 10.0 Å². The van der Waals surface area contributed by atoms with Crippen LogP contribution in [-0.4, -0.2) is 33.8 Å². The summed E-state index contributed by atoms with van der Waals surface area (Å²) in [6.45, 7) is 2.12. The number of sulfonamides is 1. The van der Waals surface area contributed by atoms with Crippen LogP contribution >= 0.6 is 0 Å². The van der Waals surface area contributed by atoms with Gasteiger partial charge < -0.3 is 9.84 Å². The maximum Gasteiger partial charge on any atom is 0.244 e. The molecule has 1 aliphatic rings. The van der Waals surface area contributed by atoms with Gasteiger partial charge in [-0.25, -0.2) is 13.1 Å². The fourth-order valence-corrected chi connectivity index (χ4v) is 4.42. The van der Waals surface area contributed by atoms with Gasteiger partial charge in [-0.15, -0.1) is 0 Å². The third-order valence-corrected chi connectivity index (χ3v) is 5.92. The van der Waals surface area contributed by atoms with Crippen molar-refractivity contribution in [3.05, 3.63) is 23.8 Å². The molecule has 0 bridgehead atoms. The number of aliphatic hydroxyl groups excluding tert-OH is 1. The van der Waals surface area contributed by atoms with Gasteiger partial charge in [0, 0.05) is 18.6 Å². The summed E-state index contributed by atoms with van der Waals surface area (Å²) < 4.78 is 33.0. The van der Waals surface area contributed by atoms with Crippen molar-refractivity contribution in [2.24, 2.45) is 5.41 Å². The summed E-state index contributed by atoms with van der Waals surface area (Å²) in [5, 5.41) is 9.69. The van der Waals surface area contributed by atoms with Crippen LogP contribution in [0.2, 0.25) is 0 Å². The van der Waals surface area contributed by atoms with Gasteiger partial charge in [0.05, 0.1) is 7.11 Å². The Labute approximate surface area is 132 Å². The first-order valence-corrected chi connectivity index (χ1v) is 9.16. The first-order valence-electron chi connectivity index (χ1n) is 7.68. The fraction of sp³-hybridized carbons (Fsp3) is 0.625. The molecule has 6 heteroatoms. The molecule has 2 rings (SSSR count). The van der Waals surface area contributed by atoms with E-state index >= 15 is 0 Å². The van der Waals surface area contributed by atoms with E-state index < -0.39 is 10.0 Å². The summed E-state index contributed by atoms with van der Waals surface area (Å²) in [5.41, 5.74) is 0.526. The quantitative estimate of drug-likeness (QED) is 0.840. The van der Waals surface area contributed by atoms with Crippen LogP contribution in [0.25, 0.3) is 0 Å². The van der Waals surface area contributed by atoms with Crippen LogP contribution in [0.15, 0.2) is 23.1 Å². The lowest BCUT2D eigenvalue weighted by molar-refractivity contribution is 0.0867. The number of hydrogen-bond donors (Lipinski definition) is 2. The van der Waals surface area contributed by atoms with Crippen LogP contribution in [0.4, 0.5) is 0 Å². The Hall–Kier alpha value is -1.11. The minimum atomic E-state index is -3.66. The molecule has 1 saturated carbocycles. The average Bonchev–Trinajstić information content (AvgIpc) is 2.54. The van der Waals surface area contributed by atoms with Gasteiger partial charge in [0.25, 0.3) is 0 Å².